The van der Waals surface area contributed by atoms with Crippen LogP contribution < -0.4 is 5.14 Å². The summed E-state index contributed by atoms with van der Waals surface area (Å²) >= 11 is 0. The van der Waals surface area contributed by atoms with Crippen molar-refractivity contribution in [3.05, 3.63) is 0 Å². The zero-order valence-corrected chi connectivity index (χ0v) is 14.1. The summed E-state index contributed by atoms with van der Waals surface area (Å²) in [6, 6.07) is -1.36. The predicted octanol–water partition coefficient (Wildman–Crippen LogP) is 1.01. The van der Waals surface area contributed by atoms with Gasteiger partial charge in [-0.15, -0.1) is 0 Å². The highest BCUT2D eigenvalue weighted by Crippen LogP contribution is 2.19. The molecule has 8 nitrogen and oxygen atoms in total. The molecule has 9 heteroatoms. The molecule has 1 atom stereocenters. The van der Waals surface area contributed by atoms with Crippen molar-refractivity contribution in [1.82, 2.24) is 4.31 Å². The number of carbonyl (C=O) groups is 2. The van der Waals surface area contributed by atoms with Gasteiger partial charge in [0.25, 0.3) is 0 Å². The van der Waals surface area contributed by atoms with Gasteiger partial charge in [0.1, 0.15) is 5.60 Å². The lowest BCUT2D eigenvalue weighted by Crippen LogP contribution is -2.53. The average Bonchev–Trinajstić information content (AvgIpc) is 2.21. The number of methoxy groups -OCH3 is 1. The normalized spacial score (nSPS) is 13.7. The van der Waals surface area contributed by atoms with Crippen molar-refractivity contribution in [1.29, 1.82) is 0 Å². The molecular weight excluding hydrogens is 300 g/mol. The fourth-order valence-corrected chi connectivity index (χ4v) is 2.36. The number of amides is 1. The van der Waals surface area contributed by atoms with E-state index >= 15 is 0 Å². The minimum Gasteiger partial charge on any atom is -0.467 e. The molecule has 1 amide bonds. The van der Waals surface area contributed by atoms with Crippen LogP contribution in [0.1, 0.15) is 41.0 Å². The number of ether oxygens (including phenoxy) is 2. The lowest BCUT2D eigenvalue weighted by Gasteiger charge is -2.30. The highest BCUT2D eigenvalue weighted by Gasteiger charge is 2.40. The van der Waals surface area contributed by atoms with Gasteiger partial charge in [-0.05, 0) is 33.1 Å². The summed E-state index contributed by atoms with van der Waals surface area (Å²) in [4.78, 5) is 23.9. The Balaban J connectivity index is 5.65. The van der Waals surface area contributed by atoms with Crippen molar-refractivity contribution < 1.29 is 27.5 Å². The van der Waals surface area contributed by atoms with E-state index in [4.69, 9.17) is 9.88 Å². The Bertz CT molecular complexity index is 480. The quantitative estimate of drug-likeness (QED) is 0.755. The lowest BCUT2D eigenvalue weighted by atomic mass is 10.0. The molecule has 0 fully saturated rings. The largest absolute Gasteiger partial charge is 0.467 e. The third kappa shape index (κ3) is 6.76. The molecule has 0 heterocycles. The fourth-order valence-electron chi connectivity index (χ4n) is 1.59. The first-order valence-corrected chi connectivity index (χ1v) is 7.93. The van der Waals surface area contributed by atoms with Gasteiger partial charge in [-0.25, -0.2) is 14.7 Å². The first kappa shape index (κ1) is 19.7. The summed E-state index contributed by atoms with van der Waals surface area (Å²) in [5.41, 5.74) is -0.932. The molecule has 124 valence electrons. The third-order valence-electron chi connectivity index (χ3n) is 2.30. The van der Waals surface area contributed by atoms with E-state index in [9.17, 15) is 18.0 Å². The summed E-state index contributed by atoms with van der Waals surface area (Å²) in [6.45, 7) is 8.25. The Labute approximate surface area is 125 Å². The number of carbonyl (C=O) groups excluding carboxylic acids is 2. The third-order valence-corrected chi connectivity index (χ3v) is 3.25. The first-order valence-electron chi connectivity index (χ1n) is 6.42. The van der Waals surface area contributed by atoms with Gasteiger partial charge in [-0.2, -0.15) is 12.7 Å². The molecule has 0 saturated heterocycles. The molecule has 0 aromatic rings. The molecule has 0 aromatic heterocycles. The number of rotatable bonds is 5. The van der Waals surface area contributed by atoms with Crippen LogP contribution in [0.5, 0.6) is 0 Å². The second-order valence-corrected chi connectivity index (χ2v) is 7.41. The van der Waals surface area contributed by atoms with E-state index in [2.05, 4.69) is 4.74 Å². The molecule has 0 aliphatic carbocycles. The van der Waals surface area contributed by atoms with E-state index in [1.165, 1.54) is 0 Å². The van der Waals surface area contributed by atoms with Crippen LogP contribution in [0.4, 0.5) is 4.79 Å². The second-order valence-electron chi connectivity index (χ2n) is 5.99. The van der Waals surface area contributed by atoms with Crippen molar-refractivity contribution in [3.8, 4) is 0 Å². The van der Waals surface area contributed by atoms with Gasteiger partial charge in [0.05, 0.1) is 7.11 Å². The van der Waals surface area contributed by atoms with Crippen molar-refractivity contribution in [2.75, 3.05) is 7.11 Å². The Kier molecular flexibility index (Phi) is 6.62. The van der Waals surface area contributed by atoms with E-state index in [1.807, 2.05) is 0 Å². The minimum atomic E-state index is -4.48. The van der Waals surface area contributed by atoms with E-state index in [1.54, 1.807) is 34.6 Å². The summed E-state index contributed by atoms with van der Waals surface area (Å²) in [5, 5.41) is 5.06. The van der Waals surface area contributed by atoms with E-state index in [-0.39, 0.29) is 16.6 Å². The van der Waals surface area contributed by atoms with Gasteiger partial charge in [0.15, 0.2) is 6.04 Å². The lowest BCUT2D eigenvalue weighted by molar-refractivity contribution is -0.145. The van der Waals surface area contributed by atoms with E-state index in [0.717, 1.165) is 7.11 Å². The average molecular weight is 324 g/mol. The van der Waals surface area contributed by atoms with E-state index < -0.39 is 33.9 Å². The number of nitrogens with two attached hydrogens (primary N) is 1. The molecule has 0 aliphatic rings. The minimum absolute atomic E-state index is 0.0687. The highest BCUT2D eigenvalue weighted by atomic mass is 32.2. The SMILES string of the molecule is COC(=O)[C@@H](CC(C)C)N(C(=O)OC(C)(C)C)S(N)(=O)=O. The number of nitrogens with zero attached hydrogens (tertiary/aromatic N) is 1. The van der Waals surface area contributed by atoms with Gasteiger partial charge in [0.2, 0.25) is 0 Å². The zero-order valence-electron chi connectivity index (χ0n) is 13.2. The molecule has 0 aromatic carbocycles. The van der Waals surface area contributed by atoms with Crippen LogP contribution in [0.3, 0.4) is 0 Å². The zero-order chi connectivity index (χ0) is 17.0. The predicted molar refractivity (Wildman–Crippen MR) is 76.4 cm³/mol. The van der Waals surface area contributed by atoms with Crippen LogP contribution in [-0.4, -0.2) is 43.5 Å². The molecule has 0 aliphatic heterocycles. The van der Waals surface area contributed by atoms with Crippen LogP contribution in [-0.2, 0) is 24.5 Å². The van der Waals surface area contributed by atoms with Crippen molar-refractivity contribution in [3.63, 3.8) is 0 Å². The second kappa shape index (κ2) is 7.08. The van der Waals surface area contributed by atoms with Crippen LogP contribution in [0, 0.1) is 5.92 Å². The maximum Gasteiger partial charge on any atom is 0.425 e. The summed E-state index contributed by atoms with van der Waals surface area (Å²) < 4.78 is 33.2. The smallest absolute Gasteiger partial charge is 0.425 e. The Morgan fingerprint density at radius 2 is 1.71 bits per heavy atom. The Hall–Kier alpha value is -1.35. The van der Waals surface area contributed by atoms with Gasteiger partial charge in [0, 0.05) is 0 Å². The molecule has 0 rings (SSSR count). The van der Waals surface area contributed by atoms with Gasteiger partial charge < -0.3 is 9.47 Å². The van der Waals surface area contributed by atoms with E-state index in [0.29, 0.717) is 0 Å². The molecule has 0 bridgehead atoms. The molecule has 0 radical (unpaired) electrons. The van der Waals surface area contributed by atoms with Crippen molar-refractivity contribution in [2.45, 2.75) is 52.7 Å². The summed E-state index contributed by atoms with van der Waals surface area (Å²) in [5.74, 6) is -0.940. The maximum atomic E-state index is 12.1. The monoisotopic (exact) mass is 324 g/mol. The van der Waals surface area contributed by atoms with Gasteiger partial charge in [-0.1, -0.05) is 13.8 Å². The molecular formula is C12H24N2O6S. The fraction of sp³-hybridized carbons (Fsp3) is 0.833. The molecule has 0 saturated carbocycles. The van der Waals surface area contributed by atoms with Crippen LogP contribution in [0.25, 0.3) is 0 Å². The van der Waals surface area contributed by atoms with Gasteiger partial charge in [-0.3, -0.25) is 0 Å². The highest BCUT2D eigenvalue weighted by molar-refractivity contribution is 7.87. The molecule has 2 N–H and O–H groups in total. The van der Waals surface area contributed by atoms with Gasteiger partial charge >= 0.3 is 22.3 Å². The first-order chi connectivity index (χ1) is 9.29. The molecule has 0 spiro atoms. The maximum absolute atomic E-state index is 12.1. The van der Waals surface area contributed by atoms with Crippen LogP contribution in [0.2, 0.25) is 0 Å². The number of hydrogen-bond donors (Lipinski definition) is 1. The van der Waals surface area contributed by atoms with Crippen molar-refractivity contribution in [2.24, 2.45) is 11.1 Å². The topological polar surface area (TPSA) is 116 Å². The standard InChI is InChI=1S/C12H24N2O6S/c1-8(2)7-9(10(15)19-6)14(21(13,17)18)11(16)20-12(3,4)5/h8-9H,7H2,1-6H3,(H2,13,17,18)/t9-/m1/s1. The Morgan fingerprint density at radius 3 is 2.00 bits per heavy atom. The molecule has 21 heavy (non-hydrogen) atoms. The summed E-state index contributed by atoms with van der Waals surface area (Å²) in [6.07, 6.45) is -1.14. The van der Waals surface area contributed by atoms with Crippen LogP contribution in [0.15, 0.2) is 0 Å². The van der Waals surface area contributed by atoms with Crippen LogP contribution >= 0.6 is 0 Å². The summed E-state index contributed by atoms with van der Waals surface area (Å²) in [7, 11) is -3.38. The van der Waals surface area contributed by atoms with Crippen molar-refractivity contribution >= 4 is 22.3 Å². The molecule has 0 unspecified atom stereocenters. The number of hydrogen-bond acceptors (Lipinski definition) is 6. The number of esters is 1. The Morgan fingerprint density at radius 1 is 1.24 bits per heavy atom.